The maximum atomic E-state index is 11.9. The van der Waals surface area contributed by atoms with Crippen LogP contribution < -0.4 is 5.32 Å². The van der Waals surface area contributed by atoms with Gasteiger partial charge < -0.3 is 5.32 Å². The van der Waals surface area contributed by atoms with Gasteiger partial charge in [0.2, 0.25) is 5.91 Å². The van der Waals surface area contributed by atoms with E-state index in [1.54, 1.807) is 0 Å². The number of hydrogen-bond donors (Lipinski definition) is 1. The van der Waals surface area contributed by atoms with Gasteiger partial charge >= 0.3 is 0 Å². The van der Waals surface area contributed by atoms with Crippen LogP contribution in [0.3, 0.4) is 0 Å². The lowest BCUT2D eigenvalue weighted by Gasteiger charge is -2.06. The third-order valence-electron chi connectivity index (χ3n) is 3.44. The van der Waals surface area contributed by atoms with Crippen molar-refractivity contribution >= 4 is 28.5 Å². The normalized spacial score (nSPS) is 10.9. The highest BCUT2D eigenvalue weighted by Gasteiger charge is 2.08. The molecule has 0 unspecified atom stereocenters. The number of carbonyl (C=O) groups is 1. The van der Waals surface area contributed by atoms with E-state index in [2.05, 4.69) is 38.1 Å². The van der Waals surface area contributed by atoms with Crippen LogP contribution in [0.25, 0.3) is 0 Å². The zero-order valence-corrected chi connectivity index (χ0v) is 14.7. The molecule has 2 heterocycles. The first-order valence-electron chi connectivity index (χ1n) is 6.98. The second-order valence-electron chi connectivity index (χ2n) is 4.92. The molecule has 0 fully saturated rings. The van der Waals surface area contributed by atoms with Gasteiger partial charge in [0.25, 0.3) is 0 Å². The van der Waals surface area contributed by atoms with E-state index in [1.807, 2.05) is 42.5 Å². The van der Waals surface area contributed by atoms with Crippen LogP contribution in [0, 0.1) is 17.4 Å². The lowest BCUT2D eigenvalue weighted by atomic mass is 10.2. The van der Waals surface area contributed by atoms with E-state index in [0.717, 1.165) is 27.1 Å². The first-order chi connectivity index (χ1) is 10.0. The van der Waals surface area contributed by atoms with Crippen molar-refractivity contribution in [2.45, 2.75) is 46.8 Å². The average Bonchev–Trinajstić information content (AvgIpc) is 2.99. The van der Waals surface area contributed by atoms with Crippen molar-refractivity contribution in [1.82, 2.24) is 24.9 Å². The SMILES string of the molecule is CCn1cc(CNC(=O)CCn2ncc(I)c2C)c(C)n1. The van der Waals surface area contributed by atoms with Crippen molar-refractivity contribution < 1.29 is 4.79 Å². The number of aromatic nitrogens is 4. The Morgan fingerprint density at radius 1 is 1.43 bits per heavy atom. The molecule has 114 valence electrons. The Bertz CT molecular complexity index is 631. The Balaban J connectivity index is 1.82. The Morgan fingerprint density at radius 2 is 2.19 bits per heavy atom. The lowest BCUT2D eigenvalue weighted by molar-refractivity contribution is -0.121. The van der Waals surface area contributed by atoms with Crippen LogP contribution in [0.5, 0.6) is 0 Å². The zero-order valence-electron chi connectivity index (χ0n) is 12.6. The molecule has 0 aliphatic heterocycles. The summed E-state index contributed by atoms with van der Waals surface area (Å²) in [6, 6.07) is 0. The van der Waals surface area contributed by atoms with Crippen molar-refractivity contribution in [3.63, 3.8) is 0 Å². The molecule has 6 nitrogen and oxygen atoms in total. The lowest BCUT2D eigenvalue weighted by Crippen LogP contribution is -2.24. The van der Waals surface area contributed by atoms with Gasteiger partial charge in [0.15, 0.2) is 0 Å². The highest BCUT2D eigenvalue weighted by Crippen LogP contribution is 2.10. The summed E-state index contributed by atoms with van der Waals surface area (Å²) in [6.07, 6.45) is 4.23. The Morgan fingerprint density at radius 3 is 2.76 bits per heavy atom. The highest BCUT2D eigenvalue weighted by molar-refractivity contribution is 14.1. The number of carbonyl (C=O) groups excluding carboxylic acids is 1. The molecule has 2 aromatic heterocycles. The number of rotatable bonds is 6. The predicted octanol–water partition coefficient (Wildman–Crippen LogP) is 2.03. The molecule has 1 amide bonds. The second kappa shape index (κ2) is 7.06. The second-order valence-corrected chi connectivity index (χ2v) is 6.09. The summed E-state index contributed by atoms with van der Waals surface area (Å²) >= 11 is 2.24. The summed E-state index contributed by atoms with van der Waals surface area (Å²) in [5.41, 5.74) is 3.13. The summed E-state index contributed by atoms with van der Waals surface area (Å²) in [7, 11) is 0. The molecule has 2 aromatic rings. The van der Waals surface area contributed by atoms with Gasteiger partial charge in [0.1, 0.15) is 0 Å². The molecule has 0 bridgehead atoms. The number of amides is 1. The molecule has 0 atom stereocenters. The third kappa shape index (κ3) is 4.05. The van der Waals surface area contributed by atoms with Crippen LogP contribution in [-0.4, -0.2) is 25.5 Å². The molecule has 0 spiro atoms. The maximum absolute atomic E-state index is 11.9. The molecule has 1 N–H and O–H groups in total. The molecule has 7 heteroatoms. The monoisotopic (exact) mass is 401 g/mol. The maximum Gasteiger partial charge on any atom is 0.222 e. The minimum atomic E-state index is 0.0311. The zero-order chi connectivity index (χ0) is 15.4. The van der Waals surface area contributed by atoms with Crippen molar-refractivity contribution in [3.05, 3.63) is 32.9 Å². The van der Waals surface area contributed by atoms with Crippen LogP contribution in [0.15, 0.2) is 12.4 Å². The molecule has 2 rings (SSSR count). The third-order valence-corrected chi connectivity index (χ3v) is 4.50. The van der Waals surface area contributed by atoms with Crippen molar-refractivity contribution in [2.24, 2.45) is 0 Å². The van der Waals surface area contributed by atoms with E-state index >= 15 is 0 Å². The minimum absolute atomic E-state index is 0.0311. The fourth-order valence-corrected chi connectivity index (χ4v) is 2.44. The Labute approximate surface area is 138 Å². The molecule has 0 aromatic carbocycles. The average molecular weight is 401 g/mol. The van der Waals surface area contributed by atoms with Gasteiger partial charge in [0, 0.05) is 43.5 Å². The number of hydrogen-bond acceptors (Lipinski definition) is 3. The molecular formula is C14H20IN5O. The highest BCUT2D eigenvalue weighted by atomic mass is 127. The quantitative estimate of drug-likeness (QED) is 0.754. The topological polar surface area (TPSA) is 64.7 Å². The molecule has 21 heavy (non-hydrogen) atoms. The van der Waals surface area contributed by atoms with E-state index in [4.69, 9.17) is 0 Å². The van der Waals surface area contributed by atoms with Crippen molar-refractivity contribution in [1.29, 1.82) is 0 Å². The summed E-state index contributed by atoms with van der Waals surface area (Å²) < 4.78 is 4.86. The van der Waals surface area contributed by atoms with Crippen LogP contribution in [0.1, 0.15) is 30.3 Å². The van der Waals surface area contributed by atoms with E-state index in [1.165, 1.54) is 0 Å². The van der Waals surface area contributed by atoms with Gasteiger partial charge in [-0.2, -0.15) is 10.2 Å². The van der Waals surface area contributed by atoms with Crippen LogP contribution in [0.4, 0.5) is 0 Å². The molecule has 0 saturated carbocycles. The van der Waals surface area contributed by atoms with Gasteiger partial charge in [0.05, 0.1) is 15.5 Å². The fourth-order valence-electron chi connectivity index (χ4n) is 2.03. The van der Waals surface area contributed by atoms with E-state index in [0.29, 0.717) is 19.5 Å². The fraction of sp³-hybridized carbons (Fsp3) is 0.500. The minimum Gasteiger partial charge on any atom is -0.352 e. The number of halogens is 1. The largest absolute Gasteiger partial charge is 0.352 e. The molecule has 0 saturated heterocycles. The first kappa shape index (κ1) is 16.0. The molecule has 0 aliphatic carbocycles. The van der Waals surface area contributed by atoms with E-state index < -0.39 is 0 Å². The smallest absolute Gasteiger partial charge is 0.222 e. The summed E-state index contributed by atoms with van der Waals surface area (Å²) in [6.45, 7) is 7.99. The molecule has 0 aliphatic rings. The number of nitrogens with zero attached hydrogens (tertiary/aromatic N) is 4. The molecular weight excluding hydrogens is 381 g/mol. The Kier molecular flexibility index (Phi) is 5.38. The standard InChI is InChI=1S/C14H20IN5O/c1-4-19-9-12(10(2)18-19)7-16-14(21)5-6-20-11(3)13(15)8-17-20/h8-9H,4-7H2,1-3H3,(H,16,21). The van der Waals surface area contributed by atoms with Crippen LogP contribution >= 0.6 is 22.6 Å². The molecule has 0 radical (unpaired) electrons. The summed E-state index contributed by atoms with van der Waals surface area (Å²) in [5, 5.41) is 11.6. The van der Waals surface area contributed by atoms with Gasteiger partial charge in [-0.25, -0.2) is 0 Å². The van der Waals surface area contributed by atoms with Gasteiger partial charge in [-0.05, 0) is 43.4 Å². The summed E-state index contributed by atoms with van der Waals surface area (Å²) in [4.78, 5) is 11.9. The van der Waals surface area contributed by atoms with Crippen molar-refractivity contribution in [2.75, 3.05) is 0 Å². The van der Waals surface area contributed by atoms with E-state index in [-0.39, 0.29) is 5.91 Å². The van der Waals surface area contributed by atoms with Gasteiger partial charge in [-0.15, -0.1) is 0 Å². The van der Waals surface area contributed by atoms with Gasteiger partial charge in [-0.1, -0.05) is 0 Å². The van der Waals surface area contributed by atoms with Gasteiger partial charge in [-0.3, -0.25) is 14.2 Å². The number of aryl methyl sites for hydroxylation is 3. The first-order valence-corrected chi connectivity index (χ1v) is 8.06. The Hall–Kier alpha value is -1.38. The summed E-state index contributed by atoms with van der Waals surface area (Å²) in [5.74, 6) is 0.0311. The van der Waals surface area contributed by atoms with E-state index in [9.17, 15) is 4.79 Å². The van der Waals surface area contributed by atoms with Crippen molar-refractivity contribution in [3.8, 4) is 0 Å². The predicted molar refractivity (Wildman–Crippen MR) is 88.8 cm³/mol. The van der Waals surface area contributed by atoms with Crippen LogP contribution in [-0.2, 0) is 24.4 Å². The number of nitrogens with one attached hydrogen (secondary N) is 1. The van der Waals surface area contributed by atoms with Crippen LogP contribution in [0.2, 0.25) is 0 Å².